The van der Waals surface area contributed by atoms with Crippen LogP contribution in [0.15, 0.2) is 24.3 Å². The summed E-state index contributed by atoms with van der Waals surface area (Å²) >= 11 is 0. The van der Waals surface area contributed by atoms with Crippen LogP contribution in [-0.2, 0) is 9.47 Å². The highest BCUT2D eigenvalue weighted by Gasteiger charge is 2.12. The van der Waals surface area contributed by atoms with Crippen LogP contribution in [0.1, 0.15) is 31.4 Å². The lowest BCUT2D eigenvalue weighted by molar-refractivity contribution is 0.0387. The Morgan fingerprint density at radius 1 is 1.32 bits per heavy atom. The van der Waals surface area contributed by atoms with E-state index in [0.717, 1.165) is 24.9 Å². The first-order chi connectivity index (χ1) is 9.27. The van der Waals surface area contributed by atoms with Gasteiger partial charge >= 0.3 is 0 Å². The summed E-state index contributed by atoms with van der Waals surface area (Å²) in [6, 6.07) is 6.60. The maximum Gasteiger partial charge on any atom is 0.123 e. The van der Waals surface area contributed by atoms with Gasteiger partial charge in [0.15, 0.2) is 0 Å². The molecule has 108 valence electrons. The van der Waals surface area contributed by atoms with Crippen molar-refractivity contribution in [2.75, 3.05) is 33.4 Å². The first-order valence-electron chi connectivity index (χ1n) is 6.84. The third-order valence-corrected chi connectivity index (χ3v) is 2.79. The van der Waals surface area contributed by atoms with Crippen molar-refractivity contribution in [3.05, 3.63) is 35.6 Å². The minimum absolute atomic E-state index is 0.112. The first kappa shape index (κ1) is 16.1. The third-order valence-electron chi connectivity index (χ3n) is 2.79. The second-order valence-corrected chi connectivity index (χ2v) is 4.46. The van der Waals surface area contributed by atoms with Gasteiger partial charge in [0, 0.05) is 26.9 Å². The summed E-state index contributed by atoms with van der Waals surface area (Å²) in [5.41, 5.74) is 0.876. The van der Waals surface area contributed by atoms with Crippen molar-refractivity contribution in [2.24, 2.45) is 0 Å². The molecule has 1 N–H and O–H groups in total. The van der Waals surface area contributed by atoms with Gasteiger partial charge in [-0.2, -0.15) is 0 Å². The molecule has 1 aromatic carbocycles. The molecule has 0 amide bonds. The number of rotatable bonds is 10. The van der Waals surface area contributed by atoms with Crippen LogP contribution in [-0.4, -0.2) is 33.4 Å². The van der Waals surface area contributed by atoms with Crippen molar-refractivity contribution in [1.29, 1.82) is 0 Å². The molecule has 0 aliphatic carbocycles. The van der Waals surface area contributed by atoms with Crippen molar-refractivity contribution >= 4 is 0 Å². The van der Waals surface area contributed by atoms with E-state index < -0.39 is 0 Å². The lowest BCUT2D eigenvalue weighted by Gasteiger charge is -2.19. The van der Waals surface area contributed by atoms with Gasteiger partial charge in [-0.3, -0.25) is 0 Å². The molecule has 0 radical (unpaired) electrons. The second kappa shape index (κ2) is 9.89. The van der Waals surface area contributed by atoms with Gasteiger partial charge in [0.25, 0.3) is 0 Å². The number of halogens is 1. The molecule has 1 rings (SSSR count). The Balaban J connectivity index is 2.52. The third kappa shape index (κ3) is 6.66. The standard InChI is InChI=1S/C15H24FNO2/c1-3-8-17-12-15(19-10-5-9-18-2)13-6-4-7-14(16)11-13/h4,6-7,11,15,17H,3,5,8-10,12H2,1-2H3. The Labute approximate surface area is 115 Å². The summed E-state index contributed by atoms with van der Waals surface area (Å²) in [6.07, 6.45) is 1.80. The van der Waals surface area contributed by atoms with Gasteiger partial charge in [0.2, 0.25) is 0 Å². The Morgan fingerprint density at radius 3 is 2.84 bits per heavy atom. The molecule has 3 nitrogen and oxygen atoms in total. The normalized spacial score (nSPS) is 12.6. The zero-order chi connectivity index (χ0) is 13.9. The van der Waals surface area contributed by atoms with Gasteiger partial charge in [0.1, 0.15) is 5.82 Å². The lowest BCUT2D eigenvalue weighted by atomic mass is 10.1. The maximum atomic E-state index is 13.3. The summed E-state index contributed by atoms with van der Waals surface area (Å²) in [4.78, 5) is 0. The highest BCUT2D eigenvalue weighted by Crippen LogP contribution is 2.18. The minimum Gasteiger partial charge on any atom is -0.385 e. The largest absolute Gasteiger partial charge is 0.385 e. The Bertz CT molecular complexity index is 347. The van der Waals surface area contributed by atoms with E-state index in [1.807, 2.05) is 6.07 Å². The van der Waals surface area contributed by atoms with Crippen LogP contribution in [0.5, 0.6) is 0 Å². The average Bonchev–Trinajstić information content (AvgIpc) is 2.41. The van der Waals surface area contributed by atoms with Crippen LogP contribution in [0.25, 0.3) is 0 Å². The molecule has 0 spiro atoms. The molecule has 0 aromatic heterocycles. The minimum atomic E-state index is -0.224. The van der Waals surface area contributed by atoms with E-state index in [0.29, 0.717) is 19.8 Å². The van der Waals surface area contributed by atoms with Crippen molar-refractivity contribution in [3.8, 4) is 0 Å². The van der Waals surface area contributed by atoms with E-state index in [2.05, 4.69) is 12.2 Å². The fourth-order valence-corrected chi connectivity index (χ4v) is 1.82. The predicted molar refractivity (Wildman–Crippen MR) is 74.7 cm³/mol. The molecule has 4 heteroatoms. The molecule has 0 saturated heterocycles. The van der Waals surface area contributed by atoms with Crippen molar-refractivity contribution in [2.45, 2.75) is 25.9 Å². The van der Waals surface area contributed by atoms with E-state index in [1.165, 1.54) is 12.1 Å². The fourth-order valence-electron chi connectivity index (χ4n) is 1.82. The molecule has 0 bridgehead atoms. The number of nitrogens with one attached hydrogen (secondary N) is 1. The SMILES string of the molecule is CCCNCC(OCCCOC)c1cccc(F)c1. The number of hydrogen-bond acceptors (Lipinski definition) is 3. The Kier molecular flexibility index (Phi) is 8.38. The molecule has 0 fully saturated rings. The molecule has 0 saturated carbocycles. The quantitative estimate of drug-likeness (QED) is 0.662. The summed E-state index contributed by atoms with van der Waals surface area (Å²) in [5.74, 6) is -0.224. The van der Waals surface area contributed by atoms with Gasteiger partial charge in [-0.05, 0) is 37.1 Å². The van der Waals surface area contributed by atoms with E-state index in [9.17, 15) is 4.39 Å². The molecular weight excluding hydrogens is 245 g/mol. The van der Waals surface area contributed by atoms with E-state index in [1.54, 1.807) is 13.2 Å². The highest BCUT2D eigenvalue weighted by molar-refractivity contribution is 5.19. The molecule has 1 unspecified atom stereocenters. The monoisotopic (exact) mass is 269 g/mol. The summed E-state index contributed by atoms with van der Waals surface area (Å²) < 4.78 is 24.1. The Morgan fingerprint density at radius 2 is 2.16 bits per heavy atom. The molecule has 0 aliphatic heterocycles. The zero-order valence-corrected chi connectivity index (χ0v) is 11.8. The van der Waals surface area contributed by atoms with Gasteiger partial charge in [-0.15, -0.1) is 0 Å². The zero-order valence-electron chi connectivity index (χ0n) is 11.8. The van der Waals surface area contributed by atoms with Crippen LogP contribution in [0.3, 0.4) is 0 Å². The molecule has 0 heterocycles. The van der Waals surface area contributed by atoms with E-state index in [-0.39, 0.29) is 11.9 Å². The second-order valence-electron chi connectivity index (χ2n) is 4.46. The van der Waals surface area contributed by atoms with Crippen molar-refractivity contribution in [1.82, 2.24) is 5.32 Å². The van der Waals surface area contributed by atoms with Crippen LogP contribution in [0, 0.1) is 5.82 Å². The maximum absolute atomic E-state index is 13.3. The summed E-state index contributed by atoms with van der Waals surface area (Å²) in [7, 11) is 1.67. The van der Waals surface area contributed by atoms with E-state index in [4.69, 9.17) is 9.47 Å². The predicted octanol–water partition coefficient (Wildman–Crippen LogP) is 2.92. The molecule has 1 aromatic rings. The smallest absolute Gasteiger partial charge is 0.123 e. The van der Waals surface area contributed by atoms with Gasteiger partial charge in [-0.25, -0.2) is 4.39 Å². The molecule has 19 heavy (non-hydrogen) atoms. The van der Waals surface area contributed by atoms with Gasteiger partial charge in [0.05, 0.1) is 6.10 Å². The number of methoxy groups -OCH3 is 1. The first-order valence-corrected chi connectivity index (χ1v) is 6.84. The van der Waals surface area contributed by atoms with Crippen LogP contribution in [0.4, 0.5) is 4.39 Å². The van der Waals surface area contributed by atoms with Gasteiger partial charge < -0.3 is 14.8 Å². The van der Waals surface area contributed by atoms with Crippen molar-refractivity contribution in [3.63, 3.8) is 0 Å². The number of ether oxygens (including phenoxy) is 2. The number of benzene rings is 1. The molecule has 1 atom stereocenters. The lowest BCUT2D eigenvalue weighted by Crippen LogP contribution is -2.24. The number of hydrogen-bond donors (Lipinski definition) is 1. The van der Waals surface area contributed by atoms with Crippen molar-refractivity contribution < 1.29 is 13.9 Å². The molecule has 0 aliphatic rings. The summed E-state index contributed by atoms with van der Waals surface area (Å²) in [5, 5.41) is 3.32. The van der Waals surface area contributed by atoms with E-state index >= 15 is 0 Å². The van der Waals surface area contributed by atoms with Crippen LogP contribution >= 0.6 is 0 Å². The average molecular weight is 269 g/mol. The summed E-state index contributed by atoms with van der Waals surface area (Å²) in [6.45, 7) is 5.04. The Hall–Kier alpha value is -0.970. The highest BCUT2D eigenvalue weighted by atomic mass is 19.1. The topological polar surface area (TPSA) is 30.5 Å². The fraction of sp³-hybridized carbons (Fsp3) is 0.600. The van der Waals surface area contributed by atoms with Crippen LogP contribution in [0.2, 0.25) is 0 Å². The van der Waals surface area contributed by atoms with Crippen LogP contribution < -0.4 is 5.32 Å². The molecular formula is C15H24FNO2. The van der Waals surface area contributed by atoms with Gasteiger partial charge in [-0.1, -0.05) is 19.1 Å².